The molecule has 0 spiro atoms. The van der Waals surface area contributed by atoms with Gasteiger partial charge >= 0.3 is 11.2 Å². The number of rotatable bonds is 17. The van der Waals surface area contributed by atoms with E-state index in [1.807, 2.05) is 49.4 Å². The number of sulfonamides is 1. The Morgan fingerprint density at radius 3 is 1.74 bits per heavy atom. The molecule has 73 heavy (non-hydrogen) atoms. The Morgan fingerprint density at radius 2 is 1.14 bits per heavy atom. The van der Waals surface area contributed by atoms with E-state index in [1.165, 1.54) is 11.6 Å². The molecule has 0 saturated heterocycles. The largest absolute Gasteiger partial charge is 0.361 e. The predicted octanol–water partition coefficient (Wildman–Crippen LogP) is 8.44. The maximum absolute atomic E-state index is 14.0. The normalized spacial score (nSPS) is 12.5. The van der Waals surface area contributed by atoms with Crippen molar-refractivity contribution < 1.29 is 51.7 Å². The molecular weight excluding hydrogens is 1010 g/mol. The molecule has 0 aliphatic rings. The number of benzene rings is 6. The van der Waals surface area contributed by atoms with Crippen molar-refractivity contribution in [2.75, 3.05) is 25.5 Å². The van der Waals surface area contributed by atoms with Crippen LogP contribution in [0.25, 0.3) is 33.1 Å². The predicted molar refractivity (Wildman–Crippen MR) is 277 cm³/mol. The summed E-state index contributed by atoms with van der Waals surface area (Å²) in [5.74, 6) is 0.421. The number of aryl methyl sites for hydroxylation is 4. The van der Waals surface area contributed by atoms with Crippen LogP contribution in [-0.4, -0.2) is 82.9 Å². The van der Waals surface area contributed by atoms with E-state index in [0.29, 0.717) is 51.5 Å². The fraction of sp³-hybridized carbons (Fsp3) is 0.231. The van der Waals surface area contributed by atoms with Crippen molar-refractivity contribution in [1.82, 2.24) is 19.7 Å². The van der Waals surface area contributed by atoms with Crippen molar-refractivity contribution in [2.24, 2.45) is 0 Å². The monoisotopic (exact) mass is 1070 g/mol. The second kappa shape index (κ2) is 20.4. The molecule has 4 N–H and O–H groups in total. The molecular formula is C52H52N5O12S4+. The fourth-order valence-corrected chi connectivity index (χ4v) is 12.3. The highest BCUT2D eigenvalue weighted by molar-refractivity contribution is 7.89. The van der Waals surface area contributed by atoms with Gasteiger partial charge in [0.1, 0.15) is 16.5 Å². The van der Waals surface area contributed by atoms with Crippen LogP contribution in [-0.2, 0) is 66.1 Å². The molecule has 380 valence electrons. The van der Waals surface area contributed by atoms with Gasteiger partial charge in [-0.05, 0) is 139 Å². The molecule has 0 aliphatic heterocycles. The summed E-state index contributed by atoms with van der Waals surface area (Å²) < 4.78 is 141. The first-order chi connectivity index (χ1) is 34.3. The molecule has 0 atom stereocenters. The third-order valence-electron chi connectivity index (χ3n) is 12.7. The van der Waals surface area contributed by atoms with Gasteiger partial charge in [0.15, 0.2) is 0 Å². The first kappa shape index (κ1) is 52.8. The molecule has 0 fully saturated rings. The SMILES string of the molecule is Cc1cccc(C)c1Cc1ccc2c(-c3ccccc3S(=O)(=O)O)c3ccc(Cc4c(C)ccc(S(=O)(=O)NCCCc5nc(Cc6cc(S(=O)(=O)O)ccc6S(=O)(=O)O)nc(N(C)C)n5)c4C)cc3[o+]c2c1. The average molecular weight is 1070 g/mol. The molecule has 0 radical (unpaired) electrons. The number of nitrogens with zero attached hydrogens (tertiary/aromatic N) is 4. The lowest BCUT2D eigenvalue weighted by Gasteiger charge is -2.16. The van der Waals surface area contributed by atoms with Gasteiger partial charge in [0.25, 0.3) is 30.4 Å². The molecule has 0 bridgehead atoms. The van der Waals surface area contributed by atoms with E-state index < -0.39 is 50.2 Å². The molecule has 0 saturated carbocycles. The lowest BCUT2D eigenvalue weighted by atomic mass is 9.92. The molecule has 21 heteroatoms. The van der Waals surface area contributed by atoms with Gasteiger partial charge in [-0.3, -0.25) is 13.7 Å². The Balaban J connectivity index is 1.06. The second-order valence-electron chi connectivity index (χ2n) is 18.1. The smallest absolute Gasteiger partial charge is 0.347 e. The number of fused-ring (bicyclic) bond motifs is 2. The summed E-state index contributed by atoms with van der Waals surface area (Å²) in [6, 6.07) is 29.8. The minimum absolute atomic E-state index is 0.0175. The topological polar surface area (TPSA) is 262 Å². The highest BCUT2D eigenvalue weighted by Gasteiger charge is 2.28. The van der Waals surface area contributed by atoms with Gasteiger partial charge in [-0.2, -0.15) is 35.2 Å². The molecule has 6 aromatic carbocycles. The van der Waals surface area contributed by atoms with Crippen LogP contribution in [0.15, 0.2) is 133 Å². The zero-order valence-electron chi connectivity index (χ0n) is 40.6. The zero-order chi connectivity index (χ0) is 52.8. The van der Waals surface area contributed by atoms with Gasteiger partial charge in [0, 0.05) is 56.7 Å². The maximum Gasteiger partial charge on any atom is 0.361 e. The summed E-state index contributed by atoms with van der Waals surface area (Å²) >= 11 is 0. The van der Waals surface area contributed by atoms with Gasteiger partial charge in [0.05, 0.1) is 25.5 Å². The summed E-state index contributed by atoms with van der Waals surface area (Å²) in [6.45, 7) is 7.75. The van der Waals surface area contributed by atoms with Crippen LogP contribution >= 0.6 is 0 Å². The number of hydrogen-bond acceptors (Lipinski definition) is 12. The van der Waals surface area contributed by atoms with Crippen LogP contribution in [0.5, 0.6) is 0 Å². The highest BCUT2D eigenvalue weighted by Crippen LogP contribution is 2.41. The van der Waals surface area contributed by atoms with Crippen LogP contribution in [0.2, 0.25) is 0 Å². The standard InChI is InChI=1S/C52H51N5O12S4/c1-31-11-9-12-32(2)42(31)25-35-17-20-39-44(27-35)69-45-28-36(18-21-40(45)51(39)41-13-7-8-14-48(41)73(66,67)68)26-43-33(3)16-22-46(34(43)4)70(58,59)53-24-10-15-49-54-50(56-52(55-49)57(5)6)30-37-29-38(71(60,61)62)19-23-47(37)72(63,64)65/h7-9,11-14,16-23,27-29,53H,10,15,24-26,30H2,1-6H3,(H2-,60,61,62,63,64,65,66,67,68)/p+1. The first-order valence-corrected chi connectivity index (χ1v) is 28.6. The van der Waals surface area contributed by atoms with Crippen LogP contribution in [0.1, 0.15) is 68.1 Å². The van der Waals surface area contributed by atoms with Gasteiger partial charge in [-0.1, -0.05) is 54.6 Å². The molecule has 0 aliphatic carbocycles. The third-order valence-corrected chi connectivity index (χ3v) is 17.0. The lowest BCUT2D eigenvalue weighted by Crippen LogP contribution is -2.26. The number of nitrogens with one attached hydrogen (secondary N) is 1. The summed E-state index contributed by atoms with van der Waals surface area (Å²) in [4.78, 5) is 13.4. The third kappa shape index (κ3) is 11.6. The van der Waals surface area contributed by atoms with E-state index in [1.54, 1.807) is 56.3 Å². The van der Waals surface area contributed by atoms with Crippen LogP contribution in [0, 0.1) is 27.7 Å². The van der Waals surface area contributed by atoms with Gasteiger partial charge in [-0.15, -0.1) is 0 Å². The molecule has 8 aromatic rings. The second-order valence-corrected chi connectivity index (χ2v) is 24.0. The van der Waals surface area contributed by atoms with E-state index in [2.05, 4.69) is 45.7 Å². The van der Waals surface area contributed by atoms with E-state index in [-0.39, 0.29) is 58.8 Å². The first-order valence-electron chi connectivity index (χ1n) is 22.8. The highest BCUT2D eigenvalue weighted by atomic mass is 32.2. The summed E-state index contributed by atoms with van der Waals surface area (Å²) in [5.41, 5.74) is 9.04. The van der Waals surface area contributed by atoms with Crippen molar-refractivity contribution in [1.29, 1.82) is 0 Å². The minimum Gasteiger partial charge on any atom is -0.347 e. The van der Waals surface area contributed by atoms with Crippen molar-refractivity contribution in [3.63, 3.8) is 0 Å². The summed E-state index contributed by atoms with van der Waals surface area (Å²) in [6.07, 6.45) is 0.946. The fourth-order valence-electron chi connectivity index (χ4n) is 9.01. The van der Waals surface area contributed by atoms with Gasteiger partial charge < -0.3 is 4.90 Å². The Hall–Kier alpha value is -6.56. The Bertz CT molecular complexity index is 3960. The molecule has 2 aromatic heterocycles. The summed E-state index contributed by atoms with van der Waals surface area (Å²) in [5, 5.41) is 1.25. The molecule has 17 nitrogen and oxygen atoms in total. The van der Waals surface area contributed by atoms with Crippen LogP contribution < -0.4 is 9.62 Å². The number of aromatic nitrogens is 3. The van der Waals surface area contributed by atoms with E-state index in [9.17, 15) is 47.3 Å². The molecule has 0 amide bonds. The lowest BCUT2D eigenvalue weighted by molar-refractivity contribution is 0.477. The van der Waals surface area contributed by atoms with E-state index >= 15 is 0 Å². The van der Waals surface area contributed by atoms with Crippen molar-refractivity contribution in [2.45, 2.75) is 79.4 Å². The Kier molecular flexibility index (Phi) is 14.7. The molecule has 0 unspecified atom stereocenters. The average Bonchev–Trinajstić information content (AvgIpc) is 3.31. The Morgan fingerprint density at radius 1 is 0.562 bits per heavy atom. The van der Waals surface area contributed by atoms with E-state index in [4.69, 9.17) is 4.42 Å². The van der Waals surface area contributed by atoms with Crippen molar-refractivity contribution in [3.8, 4) is 11.1 Å². The maximum atomic E-state index is 14.0. The Labute approximate surface area is 424 Å². The molecule has 2 heterocycles. The number of anilines is 1. The number of hydrogen-bond donors (Lipinski definition) is 4. The van der Waals surface area contributed by atoms with Crippen LogP contribution in [0.4, 0.5) is 5.95 Å². The van der Waals surface area contributed by atoms with Crippen molar-refractivity contribution in [3.05, 3.63) is 171 Å². The van der Waals surface area contributed by atoms with Crippen molar-refractivity contribution >= 4 is 68.3 Å². The van der Waals surface area contributed by atoms with Crippen LogP contribution in [0.3, 0.4) is 0 Å². The summed E-state index contributed by atoms with van der Waals surface area (Å²) in [7, 11) is -15.0. The van der Waals surface area contributed by atoms with Gasteiger partial charge in [0.2, 0.25) is 16.0 Å². The van der Waals surface area contributed by atoms with Gasteiger partial charge in [-0.25, -0.2) is 22.5 Å². The minimum atomic E-state index is -4.82. The quantitative estimate of drug-likeness (QED) is 0.0288. The van der Waals surface area contributed by atoms with E-state index in [0.717, 1.165) is 51.6 Å². The molecule has 8 rings (SSSR count). The zero-order valence-corrected chi connectivity index (χ0v) is 43.8.